The maximum absolute atomic E-state index is 12.0. The number of nitrogens with two attached hydrogens (primary N) is 1. The fourth-order valence-electron chi connectivity index (χ4n) is 4.97. The van der Waals surface area contributed by atoms with Crippen molar-refractivity contribution in [2.45, 2.75) is 14.7 Å². The van der Waals surface area contributed by atoms with Gasteiger partial charge in [-0.05, 0) is 77.5 Å². The zero-order valence-electron chi connectivity index (χ0n) is 23.6. The third-order valence-corrected chi connectivity index (χ3v) is 9.76. The summed E-state index contributed by atoms with van der Waals surface area (Å²) in [5.41, 5.74) is 7.18. The Morgan fingerprint density at radius 2 is 1.04 bits per heavy atom. The molecule has 0 radical (unpaired) electrons. The quantitative estimate of drug-likeness (QED) is 0.0739. The van der Waals surface area contributed by atoms with Gasteiger partial charge in [0.25, 0.3) is 30.4 Å². The van der Waals surface area contributed by atoms with Crippen molar-refractivity contribution in [1.29, 1.82) is 0 Å². The van der Waals surface area contributed by atoms with Gasteiger partial charge in [-0.2, -0.15) is 30.4 Å². The van der Waals surface area contributed by atoms with E-state index in [1.54, 1.807) is 30.3 Å². The Hall–Kier alpha value is -5.17. The molecule has 0 spiro atoms. The summed E-state index contributed by atoms with van der Waals surface area (Å²) < 4.78 is 99.5. The molecule has 14 nitrogen and oxygen atoms in total. The van der Waals surface area contributed by atoms with Crippen molar-refractivity contribution in [2.24, 2.45) is 20.5 Å². The van der Waals surface area contributed by atoms with Crippen molar-refractivity contribution in [3.63, 3.8) is 0 Å². The second-order valence-electron chi connectivity index (χ2n) is 10.2. The molecular weight excluding hydrogens is 671 g/mol. The molecule has 5 N–H and O–H groups in total. The Kier molecular flexibility index (Phi) is 7.83. The number of fused-ring (bicyclic) bond motifs is 3. The number of hydrogen-bond acceptors (Lipinski definition) is 11. The largest absolute Gasteiger partial charge is 0.398 e. The molecule has 0 bridgehead atoms. The van der Waals surface area contributed by atoms with Gasteiger partial charge in [-0.3, -0.25) is 13.7 Å². The van der Waals surface area contributed by atoms with Gasteiger partial charge in [-0.1, -0.05) is 30.3 Å². The van der Waals surface area contributed by atoms with Crippen LogP contribution in [0.4, 0.5) is 28.4 Å². The van der Waals surface area contributed by atoms with Crippen LogP contribution < -0.4 is 5.73 Å². The van der Waals surface area contributed by atoms with Gasteiger partial charge in [0.1, 0.15) is 4.90 Å². The van der Waals surface area contributed by atoms with Crippen molar-refractivity contribution in [2.75, 3.05) is 5.73 Å². The number of rotatable bonds is 7. The van der Waals surface area contributed by atoms with E-state index in [1.165, 1.54) is 66.7 Å². The van der Waals surface area contributed by atoms with Crippen LogP contribution in [0.25, 0.3) is 32.3 Å². The summed E-state index contributed by atoms with van der Waals surface area (Å²) in [7, 11) is -13.6. The molecule has 0 saturated carbocycles. The zero-order valence-corrected chi connectivity index (χ0v) is 26.1. The fourth-order valence-corrected chi connectivity index (χ4v) is 6.73. The van der Waals surface area contributed by atoms with Crippen molar-refractivity contribution in [3.05, 3.63) is 97.1 Å². The molecule has 0 unspecified atom stereocenters. The molecule has 0 amide bonds. The summed E-state index contributed by atoms with van der Waals surface area (Å²) in [6.07, 6.45) is 0. The highest BCUT2D eigenvalue weighted by atomic mass is 32.2. The summed E-state index contributed by atoms with van der Waals surface area (Å²) in [5.74, 6) is 0. The number of benzene rings is 6. The molecule has 0 heterocycles. The highest BCUT2D eigenvalue weighted by Crippen LogP contribution is 2.39. The topological polar surface area (TPSA) is 239 Å². The van der Waals surface area contributed by atoms with E-state index < -0.39 is 40.1 Å². The first-order valence-corrected chi connectivity index (χ1v) is 17.6. The number of azo groups is 2. The first-order valence-electron chi connectivity index (χ1n) is 13.3. The molecule has 0 atom stereocenters. The molecule has 0 aliphatic heterocycles. The third kappa shape index (κ3) is 6.43. The minimum absolute atomic E-state index is 0.0493. The molecule has 17 heteroatoms. The number of anilines is 1. The molecule has 0 aliphatic carbocycles. The van der Waals surface area contributed by atoms with Crippen LogP contribution in [0.5, 0.6) is 0 Å². The van der Waals surface area contributed by atoms with Gasteiger partial charge in [-0.25, -0.2) is 0 Å². The number of nitrogen functional groups attached to an aromatic ring is 1. The van der Waals surface area contributed by atoms with Crippen molar-refractivity contribution >= 4 is 91.1 Å². The van der Waals surface area contributed by atoms with Crippen LogP contribution in [0.3, 0.4) is 0 Å². The fraction of sp³-hybridized carbons (Fsp3) is 0. The monoisotopic (exact) mass is 691 g/mol. The van der Waals surface area contributed by atoms with Crippen LogP contribution in [-0.4, -0.2) is 38.9 Å². The SMILES string of the molecule is Nc1ccc(N=Nc2ccc(N=Nc3ccc4cc(S(=O)(=O)O)ccc4c3)c3ccc(S(=O)(=O)O)cc23)c2cccc(S(=O)(=O)O)c12. The highest BCUT2D eigenvalue weighted by Gasteiger charge is 2.18. The maximum atomic E-state index is 12.0. The summed E-state index contributed by atoms with van der Waals surface area (Å²) in [4.78, 5) is -1.07. The van der Waals surface area contributed by atoms with Crippen molar-refractivity contribution < 1.29 is 38.9 Å². The Bertz CT molecular complexity index is 2680. The lowest BCUT2D eigenvalue weighted by atomic mass is 10.1. The lowest BCUT2D eigenvalue weighted by molar-refractivity contribution is 0.481. The Morgan fingerprint density at radius 1 is 0.489 bits per heavy atom. The number of hydrogen-bond donors (Lipinski definition) is 4. The zero-order chi connectivity index (χ0) is 33.7. The second-order valence-corrected chi connectivity index (χ2v) is 14.4. The second kappa shape index (κ2) is 11.6. The Labute approximate surface area is 267 Å². The number of nitrogens with zero attached hydrogens (tertiary/aromatic N) is 4. The van der Waals surface area contributed by atoms with Gasteiger partial charge in [-0.15, -0.1) is 15.3 Å². The molecular formula is C30H21N5O9S3. The van der Waals surface area contributed by atoms with Crippen molar-refractivity contribution in [3.8, 4) is 0 Å². The highest BCUT2D eigenvalue weighted by molar-refractivity contribution is 7.86. The lowest BCUT2D eigenvalue weighted by Crippen LogP contribution is -2.01. The smallest absolute Gasteiger partial charge is 0.295 e. The van der Waals surface area contributed by atoms with Crippen LogP contribution >= 0.6 is 0 Å². The summed E-state index contributed by atoms with van der Waals surface area (Å²) in [6, 6.07) is 22.8. The van der Waals surface area contributed by atoms with Crippen LogP contribution in [0.2, 0.25) is 0 Å². The molecule has 238 valence electrons. The van der Waals surface area contributed by atoms with Gasteiger partial charge in [0.15, 0.2) is 0 Å². The van der Waals surface area contributed by atoms with Crippen LogP contribution in [0, 0.1) is 0 Å². The minimum Gasteiger partial charge on any atom is -0.398 e. The molecule has 47 heavy (non-hydrogen) atoms. The van der Waals surface area contributed by atoms with Gasteiger partial charge in [0, 0.05) is 27.2 Å². The first-order chi connectivity index (χ1) is 22.1. The first kappa shape index (κ1) is 31.8. The van der Waals surface area contributed by atoms with Gasteiger partial charge in [0.2, 0.25) is 0 Å². The third-order valence-electron chi connectivity index (χ3n) is 7.16. The van der Waals surface area contributed by atoms with E-state index in [0.29, 0.717) is 27.5 Å². The molecule has 6 aromatic rings. The van der Waals surface area contributed by atoms with E-state index in [0.717, 1.165) is 0 Å². The van der Waals surface area contributed by atoms with Gasteiger partial charge < -0.3 is 5.73 Å². The predicted octanol–water partition coefficient (Wildman–Crippen LogP) is 7.30. The molecule has 0 aromatic heterocycles. The van der Waals surface area contributed by atoms with Crippen LogP contribution in [-0.2, 0) is 30.4 Å². The summed E-state index contributed by atoms with van der Waals surface area (Å²) in [6.45, 7) is 0. The standard InChI is InChI=1S/C30H21N5O9S3/c31-25-10-11-27(23-2-1-3-29(30(23)25)47(42,43)44)34-35-28-13-12-26(22-9-8-21(16-24(22)28)46(39,40)41)33-32-19-6-4-18-15-20(45(36,37)38)7-5-17(18)14-19/h1-16H,31H2,(H,36,37,38)(H,39,40,41)(H,42,43,44). The van der Waals surface area contributed by atoms with E-state index in [1.807, 2.05) is 0 Å². The molecule has 0 aliphatic rings. The van der Waals surface area contributed by atoms with Crippen molar-refractivity contribution in [1.82, 2.24) is 0 Å². The molecule has 6 aromatic carbocycles. The molecule has 6 rings (SSSR count). The predicted molar refractivity (Wildman–Crippen MR) is 174 cm³/mol. The lowest BCUT2D eigenvalue weighted by Gasteiger charge is -2.09. The Balaban J connectivity index is 1.43. The van der Waals surface area contributed by atoms with Gasteiger partial charge in [0.05, 0.1) is 32.5 Å². The van der Waals surface area contributed by atoms with Crippen LogP contribution in [0.15, 0.2) is 132 Å². The Morgan fingerprint density at radius 3 is 1.72 bits per heavy atom. The maximum Gasteiger partial charge on any atom is 0.295 e. The molecule has 0 saturated heterocycles. The van der Waals surface area contributed by atoms with Crippen LogP contribution in [0.1, 0.15) is 0 Å². The van der Waals surface area contributed by atoms with E-state index >= 15 is 0 Å². The minimum atomic E-state index is -4.62. The van der Waals surface area contributed by atoms with E-state index in [9.17, 15) is 38.9 Å². The van der Waals surface area contributed by atoms with Gasteiger partial charge >= 0.3 is 0 Å². The average Bonchev–Trinajstić information content (AvgIpc) is 3.01. The van der Waals surface area contributed by atoms with E-state index in [-0.39, 0.29) is 38.1 Å². The normalized spacial score (nSPS) is 13.0. The molecule has 0 fully saturated rings. The van der Waals surface area contributed by atoms with E-state index in [2.05, 4.69) is 20.5 Å². The van der Waals surface area contributed by atoms with E-state index in [4.69, 9.17) is 5.73 Å². The summed E-state index contributed by atoms with van der Waals surface area (Å²) in [5, 5.41) is 19.2. The average molecular weight is 692 g/mol. The summed E-state index contributed by atoms with van der Waals surface area (Å²) >= 11 is 0.